The van der Waals surface area contributed by atoms with Gasteiger partial charge in [-0.1, -0.05) is 19.9 Å². The predicted octanol–water partition coefficient (Wildman–Crippen LogP) is 6.46. The molecule has 0 spiro atoms. The van der Waals surface area contributed by atoms with E-state index < -0.39 is 42.4 Å². The van der Waals surface area contributed by atoms with Gasteiger partial charge in [-0.05, 0) is 49.4 Å². The monoisotopic (exact) mass is 480 g/mol. The Morgan fingerprint density at radius 2 is 1.41 bits per heavy atom. The lowest BCUT2D eigenvalue weighted by Gasteiger charge is -2.12. The van der Waals surface area contributed by atoms with Crippen molar-refractivity contribution in [2.75, 3.05) is 7.11 Å². The second-order valence-corrected chi connectivity index (χ2v) is 6.36. The minimum Gasteiger partial charge on any atom is -0.462 e. The van der Waals surface area contributed by atoms with Crippen LogP contribution in [-0.4, -0.2) is 37.4 Å². The third-order valence-electron chi connectivity index (χ3n) is 3.56. The largest absolute Gasteiger partial charge is 0.462 e. The number of rotatable bonds is 6. The molecule has 0 saturated heterocycles. The lowest BCUT2D eigenvalue weighted by Crippen LogP contribution is -2.20. The van der Waals surface area contributed by atoms with Gasteiger partial charge >= 0.3 is 24.3 Å². The number of carbonyl (C=O) groups excluding carboxylic acids is 2. The number of hydrogen-bond donors (Lipinski definition) is 0. The van der Waals surface area contributed by atoms with Gasteiger partial charge in [0.15, 0.2) is 0 Å². The van der Waals surface area contributed by atoms with Crippen LogP contribution in [0, 0.1) is 0 Å². The second-order valence-electron chi connectivity index (χ2n) is 6.36. The fourth-order valence-electron chi connectivity index (χ4n) is 1.67. The van der Waals surface area contributed by atoms with E-state index in [-0.39, 0.29) is 11.7 Å². The molecule has 0 saturated carbocycles. The Morgan fingerprint density at radius 3 is 1.81 bits per heavy atom. The molecule has 0 N–H and O–H groups in total. The van der Waals surface area contributed by atoms with Crippen LogP contribution in [0.15, 0.2) is 24.3 Å². The number of alkyl halides is 6. The fourth-order valence-corrected chi connectivity index (χ4v) is 1.67. The van der Waals surface area contributed by atoms with Gasteiger partial charge in [-0.15, -0.1) is 0 Å². The van der Waals surface area contributed by atoms with Crippen molar-refractivity contribution in [1.82, 2.24) is 0 Å². The summed E-state index contributed by atoms with van der Waals surface area (Å²) in [7, 11) is 0.958. The molecule has 0 bridgehead atoms. The topological polar surface area (TPSA) is 61.8 Å². The molecule has 2 atom stereocenters. The van der Waals surface area contributed by atoms with Gasteiger partial charge in [0.1, 0.15) is 6.42 Å². The molecule has 0 heterocycles. The van der Waals surface area contributed by atoms with Crippen molar-refractivity contribution >= 4 is 11.9 Å². The molecule has 1 aromatic rings. The third-order valence-corrected chi connectivity index (χ3v) is 3.56. The highest BCUT2D eigenvalue weighted by Crippen LogP contribution is 2.29. The van der Waals surface area contributed by atoms with E-state index in [1.807, 2.05) is 6.92 Å². The van der Waals surface area contributed by atoms with E-state index in [2.05, 4.69) is 9.68 Å². The highest BCUT2D eigenvalue weighted by molar-refractivity contribution is 5.89. The quantitative estimate of drug-likeness (QED) is 0.346. The highest BCUT2D eigenvalue weighted by atomic mass is 19.4. The first kappa shape index (κ1) is 31.8. The Labute approximate surface area is 181 Å². The molecule has 0 aliphatic heterocycles. The Balaban J connectivity index is 0. The number of ether oxygens (including phenoxy) is 2. The van der Waals surface area contributed by atoms with E-state index in [0.29, 0.717) is 12.8 Å². The van der Waals surface area contributed by atoms with E-state index >= 15 is 0 Å². The van der Waals surface area contributed by atoms with Gasteiger partial charge < -0.3 is 9.47 Å². The van der Waals surface area contributed by atoms with E-state index in [9.17, 15) is 40.5 Å². The first-order valence-electron chi connectivity index (χ1n) is 9.40. The van der Waals surface area contributed by atoms with Crippen molar-refractivity contribution in [2.24, 2.45) is 0 Å². The zero-order valence-corrected chi connectivity index (χ0v) is 18.3. The van der Waals surface area contributed by atoms with Crippen molar-refractivity contribution in [3.63, 3.8) is 0 Å². The van der Waals surface area contributed by atoms with Crippen LogP contribution < -0.4 is 0 Å². The first-order valence-corrected chi connectivity index (χ1v) is 9.40. The number of benzene rings is 1. The van der Waals surface area contributed by atoms with Crippen molar-refractivity contribution in [2.45, 2.75) is 71.5 Å². The molecular formula is C20H27F7O5. The molecule has 5 nitrogen and oxygen atoms in total. The summed E-state index contributed by atoms with van der Waals surface area (Å²) in [6.45, 7) is 6.79. The van der Waals surface area contributed by atoms with E-state index in [1.54, 1.807) is 20.8 Å². The van der Waals surface area contributed by atoms with Crippen LogP contribution >= 0.6 is 0 Å². The van der Waals surface area contributed by atoms with Crippen molar-refractivity contribution in [1.29, 1.82) is 0 Å². The van der Waals surface area contributed by atoms with Crippen LogP contribution in [0.5, 0.6) is 0 Å². The molecule has 2 unspecified atom stereocenters. The molecule has 0 aromatic heterocycles. The average molecular weight is 480 g/mol. The second kappa shape index (κ2) is 15.4. The lowest BCUT2D eigenvalue weighted by molar-refractivity contribution is -0.174. The molecule has 0 aliphatic rings. The van der Waals surface area contributed by atoms with Crippen LogP contribution in [0.1, 0.15) is 62.9 Å². The Hall–Kier alpha value is -2.37. The lowest BCUT2D eigenvalue weighted by atomic mass is 10.1. The zero-order chi connectivity index (χ0) is 25.5. The minimum atomic E-state index is -4.47. The molecule has 12 heteroatoms. The number of esters is 2. The molecule has 0 fully saturated rings. The SMILES string of the molecule is CCC(C)OC(=O)CC(F)(F)F.CCC(C)OC(=O)c1cccc(C(F)(F)F)c1.COF. The first-order chi connectivity index (χ1) is 14.6. The van der Waals surface area contributed by atoms with Crippen LogP contribution in [0.4, 0.5) is 30.9 Å². The normalized spacial score (nSPS) is 12.9. The molecular weight excluding hydrogens is 453 g/mol. The van der Waals surface area contributed by atoms with Crippen molar-refractivity contribution in [3.05, 3.63) is 35.4 Å². The summed E-state index contributed by atoms with van der Waals surface area (Å²) in [4.78, 5) is 24.7. The summed E-state index contributed by atoms with van der Waals surface area (Å²) in [6.07, 6.45) is -10.0. The predicted molar refractivity (Wildman–Crippen MR) is 101 cm³/mol. The van der Waals surface area contributed by atoms with Gasteiger partial charge in [-0.25, -0.2) is 4.79 Å². The van der Waals surface area contributed by atoms with E-state index in [4.69, 9.17) is 4.74 Å². The van der Waals surface area contributed by atoms with E-state index in [1.165, 1.54) is 12.1 Å². The minimum absolute atomic E-state index is 0.0832. The Kier molecular flexibility index (Phi) is 15.3. The highest BCUT2D eigenvalue weighted by Gasteiger charge is 2.32. The number of carbonyl (C=O) groups is 2. The maximum atomic E-state index is 12.4. The summed E-state index contributed by atoms with van der Waals surface area (Å²) >= 11 is 0. The molecule has 32 heavy (non-hydrogen) atoms. The summed E-state index contributed by atoms with van der Waals surface area (Å²) < 4.78 is 91.1. The summed E-state index contributed by atoms with van der Waals surface area (Å²) in [5, 5.41) is 0. The van der Waals surface area contributed by atoms with Crippen LogP contribution in [-0.2, 0) is 25.4 Å². The van der Waals surface area contributed by atoms with Crippen LogP contribution in [0.2, 0.25) is 0 Å². The standard InChI is InChI=1S/C12H13F3O2.C7H11F3O2.CH3FO/c1-3-8(2)17-11(16)9-5-4-6-10(7-9)12(13,14)15;1-3-5(2)12-6(11)4-7(8,9)10;1-3-2/h4-8H,3H2,1-2H3;5H,3-4H2,1-2H3;1H3. The van der Waals surface area contributed by atoms with Gasteiger partial charge in [0.2, 0.25) is 0 Å². The van der Waals surface area contributed by atoms with Crippen molar-refractivity contribution < 1.29 is 54.9 Å². The van der Waals surface area contributed by atoms with Gasteiger partial charge in [0.25, 0.3) is 0 Å². The summed E-state index contributed by atoms with van der Waals surface area (Å²) in [5.41, 5.74) is -0.934. The molecule has 1 rings (SSSR count). The van der Waals surface area contributed by atoms with Gasteiger partial charge in [0, 0.05) is 0 Å². The Bertz CT molecular complexity index is 675. The molecule has 0 radical (unpaired) electrons. The molecule has 0 amide bonds. The van der Waals surface area contributed by atoms with Gasteiger partial charge in [0.05, 0.1) is 30.4 Å². The smallest absolute Gasteiger partial charge is 0.416 e. The van der Waals surface area contributed by atoms with Gasteiger partial charge in [-0.2, -0.15) is 31.3 Å². The number of halogens is 7. The van der Waals surface area contributed by atoms with Gasteiger partial charge in [-0.3, -0.25) is 4.79 Å². The van der Waals surface area contributed by atoms with E-state index in [0.717, 1.165) is 19.2 Å². The maximum Gasteiger partial charge on any atom is 0.416 e. The summed E-state index contributed by atoms with van der Waals surface area (Å²) in [5.74, 6) is -1.94. The summed E-state index contributed by atoms with van der Waals surface area (Å²) in [6, 6.07) is 4.21. The zero-order valence-electron chi connectivity index (χ0n) is 18.3. The Morgan fingerprint density at radius 1 is 0.938 bits per heavy atom. The third kappa shape index (κ3) is 16.3. The maximum absolute atomic E-state index is 12.4. The molecule has 186 valence electrons. The van der Waals surface area contributed by atoms with Crippen LogP contribution in [0.3, 0.4) is 0 Å². The van der Waals surface area contributed by atoms with Crippen LogP contribution in [0.25, 0.3) is 0 Å². The molecule has 0 aliphatic carbocycles. The van der Waals surface area contributed by atoms with Crippen molar-refractivity contribution in [3.8, 4) is 0 Å². The molecule has 1 aromatic carbocycles. The fraction of sp³-hybridized carbons (Fsp3) is 0.600. The number of hydrogen-bond acceptors (Lipinski definition) is 5. The average Bonchev–Trinajstić information content (AvgIpc) is 2.66.